The highest BCUT2D eigenvalue weighted by atomic mass is 16.5. The second-order valence-corrected chi connectivity index (χ2v) is 11.0. The van der Waals surface area contributed by atoms with Crippen LogP contribution in [-0.4, -0.2) is 59.9 Å². The molecule has 8 heteroatoms. The van der Waals surface area contributed by atoms with E-state index in [1.54, 1.807) is 13.8 Å². The lowest BCUT2D eigenvalue weighted by atomic mass is 10.0. The minimum absolute atomic E-state index is 0.0572. The summed E-state index contributed by atoms with van der Waals surface area (Å²) in [4.78, 5) is 52.3. The van der Waals surface area contributed by atoms with Gasteiger partial charge in [-0.05, 0) is 74.6 Å². The average Bonchev–Trinajstić information content (AvgIpc) is 3.88. The summed E-state index contributed by atoms with van der Waals surface area (Å²) in [7, 11) is 0. The minimum atomic E-state index is -0.234. The summed E-state index contributed by atoms with van der Waals surface area (Å²) in [5, 5.41) is 0. The van der Waals surface area contributed by atoms with Crippen LogP contribution < -0.4 is 0 Å². The molecule has 2 atom stereocenters. The van der Waals surface area contributed by atoms with Gasteiger partial charge in [-0.15, -0.1) is 0 Å². The summed E-state index contributed by atoms with van der Waals surface area (Å²) in [6, 6.07) is 14.9. The van der Waals surface area contributed by atoms with Gasteiger partial charge in [0.15, 0.2) is 0 Å². The van der Waals surface area contributed by atoms with Crippen molar-refractivity contribution in [2.75, 3.05) is 26.3 Å². The molecule has 2 saturated carbocycles. The first-order valence-electron chi connectivity index (χ1n) is 14.5. The molecule has 0 aromatic heterocycles. The van der Waals surface area contributed by atoms with Crippen molar-refractivity contribution < 1.29 is 28.7 Å². The molecule has 40 heavy (non-hydrogen) atoms. The number of fused-ring (bicyclic) bond motifs is 2. The van der Waals surface area contributed by atoms with Crippen LogP contribution in [0.2, 0.25) is 0 Å². The van der Waals surface area contributed by atoms with Crippen LogP contribution in [0.1, 0.15) is 96.3 Å². The Morgan fingerprint density at radius 1 is 0.675 bits per heavy atom. The van der Waals surface area contributed by atoms with Gasteiger partial charge in [0.2, 0.25) is 0 Å². The van der Waals surface area contributed by atoms with E-state index in [-0.39, 0.29) is 48.7 Å². The Balaban J connectivity index is 0.000000161. The summed E-state index contributed by atoms with van der Waals surface area (Å²) >= 11 is 0. The zero-order valence-electron chi connectivity index (χ0n) is 23.3. The molecule has 0 saturated heterocycles. The molecule has 2 amide bonds. The summed E-state index contributed by atoms with van der Waals surface area (Å²) < 4.78 is 10.1. The number of carbonyl (C=O) groups excluding carboxylic acids is 4. The number of hydrogen-bond donors (Lipinski definition) is 0. The molecule has 2 aliphatic heterocycles. The molecular weight excluding hydrogens is 508 g/mol. The highest BCUT2D eigenvalue weighted by Gasteiger charge is 2.41. The van der Waals surface area contributed by atoms with Crippen LogP contribution in [0.5, 0.6) is 0 Å². The van der Waals surface area contributed by atoms with Gasteiger partial charge < -0.3 is 19.3 Å². The molecule has 2 aromatic rings. The Morgan fingerprint density at radius 2 is 1.05 bits per heavy atom. The molecule has 2 aliphatic carbocycles. The Labute approximate surface area is 235 Å². The maximum Gasteiger partial charge on any atom is 0.308 e. The van der Waals surface area contributed by atoms with E-state index in [0.717, 1.165) is 35.3 Å². The zero-order chi connectivity index (χ0) is 28.2. The summed E-state index contributed by atoms with van der Waals surface area (Å²) in [5.41, 5.74) is 3.40. The topological polar surface area (TPSA) is 93.2 Å². The minimum Gasteiger partial charge on any atom is -0.466 e. The summed E-state index contributed by atoms with van der Waals surface area (Å²) in [6.07, 6.45) is 5.25. The number of amides is 2. The van der Waals surface area contributed by atoms with Crippen LogP contribution in [0.25, 0.3) is 0 Å². The van der Waals surface area contributed by atoms with Crippen molar-refractivity contribution in [1.29, 1.82) is 0 Å². The molecule has 2 fully saturated rings. The van der Waals surface area contributed by atoms with Crippen LogP contribution in [-0.2, 0) is 19.1 Å². The number of ether oxygens (including phenoxy) is 2. The molecule has 4 aliphatic rings. The number of hydrogen-bond acceptors (Lipinski definition) is 6. The molecule has 0 N–H and O–H groups in total. The van der Waals surface area contributed by atoms with Gasteiger partial charge in [0.05, 0.1) is 38.1 Å². The molecule has 2 unspecified atom stereocenters. The lowest BCUT2D eigenvalue weighted by molar-refractivity contribution is -0.145. The average molecular weight is 547 g/mol. The van der Waals surface area contributed by atoms with Crippen LogP contribution in [0.4, 0.5) is 0 Å². The maximum atomic E-state index is 12.5. The molecule has 212 valence electrons. The second-order valence-electron chi connectivity index (χ2n) is 11.0. The summed E-state index contributed by atoms with van der Waals surface area (Å²) in [5.74, 6) is 0.866. The van der Waals surface area contributed by atoms with E-state index in [0.29, 0.717) is 25.0 Å². The number of carbonyl (C=O) groups is 4. The van der Waals surface area contributed by atoms with Gasteiger partial charge in [0, 0.05) is 24.2 Å². The van der Waals surface area contributed by atoms with Crippen molar-refractivity contribution in [3.05, 3.63) is 70.8 Å². The first-order valence-corrected chi connectivity index (χ1v) is 14.5. The van der Waals surface area contributed by atoms with Crippen molar-refractivity contribution in [2.24, 2.45) is 11.8 Å². The van der Waals surface area contributed by atoms with Crippen molar-refractivity contribution in [1.82, 2.24) is 9.80 Å². The zero-order valence-corrected chi connectivity index (χ0v) is 23.3. The van der Waals surface area contributed by atoms with E-state index < -0.39 is 0 Å². The summed E-state index contributed by atoms with van der Waals surface area (Å²) in [6.45, 7) is 5.88. The van der Waals surface area contributed by atoms with E-state index in [1.165, 1.54) is 25.7 Å². The lowest BCUT2D eigenvalue weighted by Crippen LogP contribution is -2.31. The highest BCUT2D eigenvalue weighted by molar-refractivity contribution is 6.00. The quantitative estimate of drug-likeness (QED) is 0.385. The Hall–Kier alpha value is -3.68. The predicted molar refractivity (Wildman–Crippen MR) is 148 cm³/mol. The monoisotopic (exact) mass is 546 g/mol. The molecule has 0 radical (unpaired) electrons. The standard InChI is InChI=1S/2C16H19NO3/c2*1-2-20-15(18)9-14-12-5-3-4-6-13(12)16(19)17(14)10-11-7-8-11/h2*3-6,11,14H,2,7-10H2,1H3. The molecule has 2 aromatic carbocycles. The lowest BCUT2D eigenvalue weighted by Gasteiger charge is -2.24. The van der Waals surface area contributed by atoms with E-state index in [2.05, 4.69) is 0 Å². The van der Waals surface area contributed by atoms with Gasteiger partial charge in [-0.1, -0.05) is 36.4 Å². The van der Waals surface area contributed by atoms with Crippen molar-refractivity contribution in [2.45, 2.75) is 64.5 Å². The highest BCUT2D eigenvalue weighted by Crippen LogP contribution is 2.41. The molecule has 6 rings (SSSR count). The maximum absolute atomic E-state index is 12.5. The molecule has 2 heterocycles. The molecule has 8 nitrogen and oxygen atoms in total. The fraction of sp³-hybridized carbons (Fsp3) is 0.500. The van der Waals surface area contributed by atoms with Gasteiger partial charge in [-0.3, -0.25) is 19.2 Å². The Bertz CT molecular complexity index is 1170. The number of rotatable bonds is 10. The van der Waals surface area contributed by atoms with Crippen LogP contribution in [0.3, 0.4) is 0 Å². The van der Waals surface area contributed by atoms with E-state index >= 15 is 0 Å². The van der Waals surface area contributed by atoms with Gasteiger partial charge >= 0.3 is 11.9 Å². The van der Waals surface area contributed by atoms with E-state index in [9.17, 15) is 19.2 Å². The molecule has 0 spiro atoms. The number of nitrogens with zero attached hydrogens (tertiary/aromatic N) is 2. The van der Waals surface area contributed by atoms with Crippen LogP contribution in [0.15, 0.2) is 48.5 Å². The van der Waals surface area contributed by atoms with Crippen LogP contribution >= 0.6 is 0 Å². The first kappa shape index (κ1) is 27.9. The van der Waals surface area contributed by atoms with Crippen molar-refractivity contribution >= 4 is 23.8 Å². The normalized spacial score (nSPS) is 20.9. The Morgan fingerprint density at radius 3 is 1.40 bits per heavy atom. The predicted octanol–water partition coefficient (Wildman–Crippen LogP) is 5.09. The van der Waals surface area contributed by atoms with E-state index in [4.69, 9.17) is 9.47 Å². The third kappa shape index (κ3) is 6.21. The number of esters is 2. The molecular formula is C32H38N2O6. The molecule has 0 bridgehead atoms. The third-order valence-electron chi connectivity index (χ3n) is 8.01. The van der Waals surface area contributed by atoms with Gasteiger partial charge in [0.25, 0.3) is 11.8 Å². The fourth-order valence-electron chi connectivity index (χ4n) is 5.67. The van der Waals surface area contributed by atoms with E-state index in [1.807, 2.05) is 58.3 Å². The second kappa shape index (κ2) is 12.2. The largest absolute Gasteiger partial charge is 0.466 e. The fourth-order valence-corrected chi connectivity index (χ4v) is 5.67. The smallest absolute Gasteiger partial charge is 0.308 e. The SMILES string of the molecule is CCOC(=O)CC1c2ccccc2C(=O)N1CC1CC1.CCOC(=O)CC1c2ccccc2C(=O)N1CC1CC1. The van der Waals surface area contributed by atoms with Crippen molar-refractivity contribution in [3.8, 4) is 0 Å². The Kier molecular flexibility index (Phi) is 8.52. The third-order valence-corrected chi connectivity index (χ3v) is 8.01. The number of benzene rings is 2. The first-order chi connectivity index (χ1) is 19.4. The van der Waals surface area contributed by atoms with Gasteiger partial charge in [-0.2, -0.15) is 0 Å². The van der Waals surface area contributed by atoms with Crippen LogP contribution in [0, 0.1) is 11.8 Å². The van der Waals surface area contributed by atoms with Gasteiger partial charge in [-0.25, -0.2) is 0 Å². The van der Waals surface area contributed by atoms with Crippen molar-refractivity contribution in [3.63, 3.8) is 0 Å². The van der Waals surface area contributed by atoms with Gasteiger partial charge in [0.1, 0.15) is 0 Å².